The second-order valence-corrected chi connectivity index (χ2v) is 9.06. The lowest BCUT2D eigenvalue weighted by atomic mass is 10.0. The van der Waals surface area contributed by atoms with Crippen molar-refractivity contribution in [3.05, 3.63) is 60.3 Å². The van der Waals surface area contributed by atoms with Crippen LogP contribution in [0.5, 0.6) is 0 Å². The van der Waals surface area contributed by atoms with Gasteiger partial charge in [-0.05, 0) is 44.0 Å². The number of nitrogens with zero attached hydrogens (tertiary/aromatic N) is 1. The molecule has 0 aliphatic heterocycles. The zero-order valence-corrected chi connectivity index (χ0v) is 24.7. The summed E-state index contributed by atoms with van der Waals surface area (Å²) in [5, 5.41) is 11.2. The minimum atomic E-state index is -4.00. The number of hydrogen-bond acceptors (Lipinski definition) is 5. The summed E-state index contributed by atoms with van der Waals surface area (Å²) in [6, 6.07) is 9.75. The standard InChI is InChI=1S/C15H18N4.C6H10O.C4H8.C4H10.C2H3F3/c1-3-12(16)14-13(17)8-9-18-15(14)19-11-6-4-10(2)5-7-11;1-3-5-6(7)4-2;1-2-4-3-1;1-3-4-2;1-2(3,4)5/h4-9,16H,3H2,1-2H3,(H3,17,18,19);4H,2-3,5H2,1H3;1-4H2;3-4H2,1-2H3;1H3. The Morgan fingerprint density at radius 1 is 1.03 bits per heavy atom. The molecule has 0 radical (unpaired) electrons. The predicted molar refractivity (Wildman–Crippen MR) is 161 cm³/mol. The molecule has 0 atom stereocenters. The lowest BCUT2D eigenvalue weighted by molar-refractivity contribution is -0.114. The Bertz CT molecular complexity index is 926. The van der Waals surface area contributed by atoms with E-state index in [2.05, 4.69) is 30.7 Å². The van der Waals surface area contributed by atoms with Crippen LogP contribution < -0.4 is 11.1 Å². The number of aryl methyl sites for hydroxylation is 1. The number of carbonyl (C=O) groups is 1. The molecule has 0 unspecified atom stereocenters. The average molecular weight is 551 g/mol. The molecule has 1 heterocycles. The predicted octanol–water partition coefficient (Wildman–Crippen LogP) is 9.97. The summed E-state index contributed by atoms with van der Waals surface area (Å²) in [5.41, 5.74) is 9.85. The summed E-state index contributed by atoms with van der Waals surface area (Å²) >= 11 is 0. The van der Waals surface area contributed by atoms with Gasteiger partial charge in [-0.15, -0.1) is 0 Å². The van der Waals surface area contributed by atoms with E-state index in [1.54, 1.807) is 12.3 Å². The van der Waals surface area contributed by atoms with E-state index < -0.39 is 6.18 Å². The van der Waals surface area contributed by atoms with Gasteiger partial charge in [0.15, 0.2) is 5.78 Å². The average Bonchev–Trinajstić information content (AvgIpc) is 2.84. The highest BCUT2D eigenvalue weighted by atomic mass is 19.4. The number of ketones is 1. The van der Waals surface area contributed by atoms with Crippen molar-refractivity contribution in [3.63, 3.8) is 0 Å². The number of nitrogen functional groups attached to an aromatic ring is 1. The van der Waals surface area contributed by atoms with Crippen LogP contribution in [0.15, 0.2) is 49.2 Å². The Morgan fingerprint density at radius 3 is 1.85 bits per heavy atom. The molecule has 3 rings (SSSR count). The fraction of sp³-hybridized carbons (Fsp3) is 0.516. The molecule has 0 bridgehead atoms. The molecule has 2 aromatic rings. The summed E-state index contributed by atoms with van der Waals surface area (Å²) in [6.45, 7) is 13.8. The lowest BCUT2D eigenvalue weighted by Crippen LogP contribution is -2.08. The van der Waals surface area contributed by atoms with Gasteiger partial charge in [0.1, 0.15) is 5.82 Å². The summed E-state index contributed by atoms with van der Waals surface area (Å²) in [6.07, 6.45) is 9.84. The molecule has 39 heavy (non-hydrogen) atoms. The van der Waals surface area contributed by atoms with E-state index in [4.69, 9.17) is 11.1 Å². The first-order valence-electron chi connectivity index (χ1n) is 13.7. The van der Waals surface area contributed by atoms with Crippen LogP contribution in [0.3, 0.4) is 0 Å². The third-order valence-corrected chi connectivity index (χ3v) is 5.18. The maximum Gasteiger partial charge on any atom is 0.386 e. The number of benzene rings is 1. The van der Waals surface area contributed by atoms with Gasteiger partial charge in [0, 0.05) is 36.6 Å². The fourth-order valence-electron chi connectivity index (χ4n) is 2.44. The number of aromatic nitrogens is 1. The van der Waals surface area contributed by atoms with Crippen molar-refractivity contribution in [2.24, 2.45) is 0 Å². The number of nitrogens with two attached hydrogens (primary N) is 1. The first-order valence-corrected chi connectivity index (χ1v) is 13.7. The van der Waals surface area contributed by atoms with Gasteiger partial charge in [0.05, 0.1) is 5.56 Å². The Hall–Kier alpha value is -3.16. The van der Waals surface area contributed by atoms with Crippen LogP contribution in [0.25, 0.3) is 0 Å². The van der Waals surface area contributed by atoms with E-state index >= 15 is 0 Å². The molecule has 0 saturated heterocycles. The van der Waals surface area contributed by atoms with Gasteiger partial charge in [-0.25, -0.2) is 4.98 Å². The number of pyridine rings is 1. The van der Waals surface area contributed by atoms with Crippen LogP contribution in [0.4, 0.5) is 30.4 Å². The van der Waals surface area contributed by atoms with Gasteiger partial charge in [-0.2, -0.15) is 13.2 Å². The maximum absolute atomic E-state index is 10.4. The van der Waals surface area contributed by atoms with Gasteiger partial charge in [0.25, 0.3) is 0 Å². The minimum Gasteiger partial charge on any atom is -0.398 e. The van der Waals surface area contributed by atoms with Crippen molar-refractivity contribution in [1.29, 1.82) is 5.41 Å². The van der Waals surface area contributed by atoms with E-state index in [1.807, 2.05) is 45.0 Å². The minimum absolute atomic E-state index is 0.141. The van der Waals surface area contributed by atoms with E-state index in [-0.39, 0.29) is 12.7 Å². The monoisotopic (exact) mass is 550 g/mol. The topological polar surface area (TPSA) is 91.9 Å². The summed E-state index contributed by atoms with van der Waals surface area (Å²) in [4.78, 5) is 14.6. The SMILES string of the molecule is C1CCC1.C=CC(=O)CCC.CC(F)(F)F.CCC(=N)c1c(N)ccnc1Nc1ccc(C)cc1.CCCC. The van der Waals surface area contributed by atoms with E-state index in [0.717, 1.165) is 12.1 Å². The van der Waals surface area contributed by atoms with Crippen molar-refractivity contribution in [2.45, 2.75) is 106 Å². The van der Waals surface area contributed by atoms with Crippen molar-refractivity contribution in [2.75, 3.05) is 11.1 Å². The molecule has 1 saturated carbocycles. The number of halogens is 3. The van der Waals surface area contributed by atoms with Crippen LogP contribution in [0.2, 0.25) is 0 Å². The van der Waals surface area contributed by atoms with Gasteiger partial charge >= 0.3 is 6.18 Å². The quantitative estimate of drug-likeness (QED) is 0.225. The number of carbonyl (C=O) groups excluding carboxylic acids is 1. The van der Waals surface area contributed by atoms with Crippen molar-refractivity contribution < 1.29 is 18.0 Å². The van der Waals surface area contributed by atoms with Crippen LogP contribution in [-0.2, 0) is 4.79 Å². The zero-order valence-electron chi connectivity index (χ0n) is 24.7. The first-order chi connectivity index (χ1) is 18.3. The third kappa shape index (κ3) is 22.5. The highest BCUT2D eigenvalue weighted by Gasteiger charge is 2.15. The van der Waals surface area contributed by atoms with Crippen LogP contribution in [-0.4, -0.2) is 22.7 Å². The summed E-state index contributed by atoms with van der Waals surface area (Å²) in [5.74, 6) is 0.776. The Labute approximate surface area is 234 Å². The first kappa shape index (κ1) is 38.0. The van der Waals surface area contributed by atoms with E-state index in [1.165, 1.54) is 50.2 Å². The Morgan fingerprint density at radius 2 is 1.51 bits per heavy atom. The molecular weight excluding hydrogens is 501 g/mol. The molecule has 1 aromatic heterocycles. The molecule has 1 aliphatic rings. The van der Waals surface area contributed by atoms with Crippen molar-refractivity contribution >= 4 is 28.7 Å². The van der Waals surface area contributed by atoms with Crippen molar-refractivity contribution in [3.8, 4) is 0 Å². The summed E-state index contributed by atoms with van der Waals surface area (Å²) in [7, 11) is 0. The van der Waals surface area contributed by atoms with Gasteiger partial charge in [-0.1, -0.05) is 90.5 Å². The molecule has 5 nitrogen and oxygen atoms in total. The second kappa shape index (κ2) is 22.8. The normalized spacial score (nSPS) is 11.2. The number of nitrogens with one attached hydrogen (secondary N) is 2. The molecule has 220 valence electrons. The smallest absolute Gasteiger partial charge is 0.386 e. The Balaban J connectivity index is 0. The highest BCUT2D eigenvalue weighted by molar-refractivity contribution is 6.06. The maximum atomic E-state index is 10.4. The van der Waals surface area contributed by atoms with Crippen LogP contribution in [0, 0.1) is 12.3 Å². The summed E-state index contributed by atoms with van der Waals surface area (Å²) < 4.78 is 31.1. The fourth-order valence-corrected chi connectivity index (χ4v) is 2.44. The zero-order chi connectivity index (χ0) is 30.3. The number of alkyl halides is 3. The van der Waals surface area contributed by atoms with E-state index in [9.17, 15) is 18.0 Å². The van der Waals surface area contributed by atoms with E-state index in [0.29, 0.717) is 35.6 Å². The molecule has 0 amide bonds. The van der Waals surface area contributed by atoms with Crippen molar-refractivity contribution in [1.82, 2.24) is 4.98 Å². The highest BCUT2D eigenvalue weighted by Crippen LogP contribution is 2.24. The van der Waals surface area contributed by atoms with Gasteiger partial charge in [0.2, 0.25) is 0 Å². The molecule has 1 aliphatic carbocycles. The molecule has 8 heteroatoms. The third-order valence-electron chi connectivity index (χ3n) is 5.18. The number of rotatable bonds is 8. The number of allylic oxidation sites excluding steroid dienone is 1. The molecule has 1 fully saturated rings. The second-order valence-electron chi connectivity index (χ2n) is 9.06. The van der Waals surface area contributed by atoms with Gasteiger partial charge in [-0.3, -0.25) is 4.79 Å². The molecule has 1 aromatic carbocycles. The molecular formula is C31H49F3N4O. The lowest BCUT2D eigenvalue weighted by Gasteiger charge is -2.13. The van der Waals surface area contributed by atoms with Crippen LogP contribution >= 0.6 is 0 Å². The molecule has 0 spiro atoms. The largest absolute Gasteiger partial charge is 0.398 e. The van der Waals surface area contributed by atoms with Crippen LogP contribution in [0.1, 0.15) is 104 Å². The molecule has 4 N–H and O–H groups in total. The van der Waals surface area contributed by atoms with Gasteiger partial charge < -0.3 is 16.5 Å². The number of unbranched alkanes of at least 4 members (excludes halogenated alkanes) is 1. The Kier molecular flexibility index (Phi) is 22.2. The number of anilines is 3. The number of hydrogen-bond donors (Lipinski definition) is 3.